The highest BCUT2D eigenvalue weighted by atomic mass is 32.2. The molecule has 5 aromatic rings. The van der Waals surface area contributed by atoms with Gasteiger partial charge in [-0.1, -0.05) is 54.2 Å². The summed E-state index contributed by atoms with van der Waals surface area (Å²) >= 11 is 2.69. The van der Waals surface area contributed by atoms with Crippen molar-refractivity contribution in [1.29, 1.82) is 0 Å². The van der Waals surface area contributed by atoms with E-state index in [2.05, 4.69) is 17.4 Å². The number of benzene rings is 5. The van der Waals surface area contributed by atoms with Crippen LogP contribution in [0.4, 0.5) is 33.2 Å². The predicted molar refractivity (Wildman–Crippen MR) is 184 cm³/mol. The molecular formula is C35H32N4O3S2. The number of carbonyl (C=O) groups is 2. The zero-order chi connectivity index (χ0) is 31.1. The molecule has 222 valence electrons. The van der Waals surface area contributed by atoms with Gasteiger partial charge in [0.25, 0.3) is 11.1 Å². The fourth-order valence-electron chi connectivity index (χ4n) is 5.17. The van der Waals surface area contributed by atoms with Crippen LogP contribution in [0.2, 0.25) is 0 Å². The molecule has 0 radical (unpaired) electrons. The van der Waals surface area contributed by atoms with Crippen LogP contribution in [0.5, 0.6) is 5.75 Å². The lowest BCUT2D eigenvalue weighted by molar-refractivity contribution is 0.102. The van der Waals surface area contributed by atoms with Gasteiger partial charge in [0.1, 0.15) is 5.75 Å². The molecule has 0 fully saturated rings. The third-order valence-electron chi connectivity index (χ3n) is 7.62. The molecule has 1 aliphatic heterocycles. The number of carbonyl (C=O) groups excluding carboxylic acids is 2. The third kappa shape index (κ3) is 5.44. The number of hydrogen-bond donors (Lipinski definition) is 2. The van der Waals surface area contributed by atoms with Gasteiger partial charge in [-0.15, -0.1) is 0 Å². The SMILES string of the molecule is Cc1ccccc1NC(=O)c1cc(SC(=O)N2c3ccc(N(C)C)cc3Sc3cc(N(C)C)ccc32)c2ccccc2c1O. The van der Waals surface area contributed by atoms with Crippen LogP contribution in [0, 0.1) is 6.92 Å². The standard InChI is InChI=1S/C35H32N4O3S2/c1-21-10-6-9-13-27(21)36-34(41)26-20-30(24-11-7-8-12-25(24)33(26)40)44-35(42)39-28-16-14-22(37(2)3)18-31(28)43-32-19-23(38(4)5)15-17-29(32)39/h6-20,40H,1-5H3,(H,36,41). The molecule has 1 heterocycles. The predicted octanol–water partition coefficient (Wildman–Crippen LogP) is 8.75. The second-order valence-electron chi connectivity index (χ2n) is 11.0. The summed E-state index contributed by atoms with van der Waals surface area (Å²) in [5, 5.41) is 15.1. The lowest BCUT2D eigenvalue weighted by atomic mass is 10.0. The van der Waals surface area contributed by atoms with Gasteiger partial charge < -0.3 is 20.2 Å². The number of para-hydroxylation sites is 1. The number of nitrogens with zero attached hydrogens (tertiary/aromatic N) is 3. The van der Waals surface area contributed by atoms with E-state index >= 15 is 0 Å². The summed E-state index contributed by atoms with van der Waals surface area (Å²) in [4.78, 5) is 36.2. The molecule has 7 nitrogen and oxygen atoms in total. The second kappa shape index (κ2) is 11.8. The second-order valence-corrected chi connectivity index (χ2v) is 13.1. The van der Waals surface area contributed by atoms with E-state index in [1.165, 1.54) is 0 Å². The quantitative estimate of drug-likeness (QED) is 0.190. The molecule has 0 saturated carbocycles. The summed E-state index contributed by atoms with van der Waals surface area (Å²) < 4.78 is 0. The van der Waals surface area contributed by atoms with E-state index < -0.39 is 5.91 Å². The number of fused-ring (bicyclic) bond motifs is 3. The molecule has 6 rings (SSSR count). The molecular weight excluding hydrogens is 589 g/mol. The number of amides is 2. The van der Waals surface area contributed by atoms with Crippen LogP contribution in [0.25, 0.3) is 10.8 Å². The summed E-state index contributed by atoms with van der Waals surface area (Å²) in [6, 6.07) is 28.5. The Labute approximate surface area is 265 Å². The maximum absolute atomic E-state index is 14.4. The molecule has 2 amide bonds. The first-order valence-corrected chi connectivity index (χ1v) is 15.7. The number of phenolic OH excluding ortho intramolecular Hbond substituents is 1. The van der Waals surface area contributed by atoms with Crippen molar-refractivity contribution < 1.29 is 14.7 Å². The van der Waals surface area contributed by atoms with Crippen LogP contribution in [-0.4, -0.2) is 44.4 Å². The van der Waals surface area contributed by atoms with E-state index in [9.17, 15) is 14.7 Å². The Kier molecular flexibility index (Phi) is 7.92. The maximum atomic E-state index is 14.4. The number of hydrogen-bond acceptors (Lipinski definition) is 7. The normalized spacial score (nSPS) is 12.0. The van der Waals surface area contributed by atoms with Gasteiger partial charge in [-0.25, -0.2) is 0 Å². The number of aryl methyl sites for hydroxylation is 1. The molecule has 1 aliphatic rings. The van der Waals surface area contributed by atoms with Crippen molar-refractivity contribution in [3.8, 4) is 5.75 Å². The maximum Gasteiger partial charge on any atom is 0.295 e. The Balaban J connectivity index is 1.43. The van der Waals surface area contributed by atoms with Crippen molar-refractivity contribution >= 4 is 73.9 Å². The zero-order valence-electron chi connectivity index (χ0n) is 25.1. The minimum Gasteiger partial charge on any atom is -0.506 e. The van der Waals surface area contributed by atoms with E-state index in [0.29, 0.717) is 21.4 Å². The first-order valence-electron chi connectivity index (χ1n) is 14.1. The van der Waals surface area contributed by atoms with Crippen LogP contribution in [0.3, 0.4) is 0 Å². The average Bonchev–Trinajstić information content (AvgIpc) is 3.01. The van der Waals surface area contributed by atoms with Crippen LogP contribution in [-0.2, 0) is 0 Å². The van der Waals surface area contributed by atoms with E-state index in [0.717, 1.165) is 49.9 Å². The van der Waals surface area contributed by atoms with Gasteiger partial charge in [0.2, 0.25) is 0 Å². The van der Waals surface area contributed by atoms with E-state index in [1.807, 2.05) is 106 Å². The smallest absolute Gasteiger partial charge is 0.295 e. The van der Waals surface area contributed by atoms with Crippen LogP contribution >= 0.6 is 23.5 Å². The minimum atomic E-state index is -0.450. The lowest BCUT2D eigenvalue weighted by Crippen LogP contribution is -2.25. The number of phenols is 1. The van der Waals surface area contributed by atoms with Crippen LogP contribution < -0.4 is 20.0 Å². The highest BCUT2D eigenvalue weighted by molar-refractivity contribution is 8.14. The topological polar surface area (TPSA) is 76.1 Å². The Bertz CT molecular complexity index is 1880. The monoisotopic (exact) mass is 620 g/mol. The summed E-state index contributed by atoms with van der Waals surface area (Å²) in [6.07, 6.45) is 0. The van der Waals surface area contributed by atoms with Crippen molar-refractivity contribution in [1.82, 2.24) is 0 Å². The van der Waals surface area contributed by atoms with Gasteiger partial charge in [-0.3, -0.25) is 14.5 Å². The minimum absolute atomic E-state index is 0.100. The lowest BCUT2D eigenvalue weighted by Gasteiger charge is -2.32. The Morgan fingerprint density at radius 3 is 1.93 bits per heavy atom. The first kappa shape index (κ1) is 29.5. The average molecular weight is 621 g/mol. The van der Waals surface area contributed by atoms with Crippen molar-refractivity contribution in [2.45, 2.75) is 21.6 Å². The van der Waals surface area contributed by atoms with Gasteiger partial charge in [0.05, 0.1) is 16.9 Å². The van der Waals surface area contributed by atoms with Gasteiger partial charge in [-0.05, 0) is 78.2 Å². The van der Waals surface area contributed by atoms with Crippen molar-refractivity contribution in [2.24, 2.45) is 0 Å². The van der Waals surface area contributed by atoms with Crippen molar-refractivity contribution in [2.75, 3.05) is 48.2 Å². The Morgan fingerprint density at radius 2 is 1.34 bits per heavy atom. The van der Waals surface area contributed by atoms with Crippen LogP contribution in [0.1, 0.15) is 15.9 Å². The van der Waals surface area contributed by atoms with Gasteiger partial charge in [-0.2, -0.15) is 0 Å². The largest absolute Gasteiger partial charge is 0.506 e. The molecule has 0 aromatic heterocycles. The number of aromatic hydroxyl groups is 1. The molecule has 9 heteroatoms. The van der Waals surface area contributed by atoms with Crippen molar-refractivity contribution in [3.05, 3.63) is 102 Å². The number of thioether (sulfide) groups is 1. The summed E-state index contributed by atoms with van der Waals surface area (Å²) in [6.45, 7) is 1.91. The number of nitrogens with one attached hydrogen (secondary N) is 1. The zero-order valence-corrected chi connectivity index (χ0v) is 26.7. The van der Waals surface area contributed by atoms with Gasteiger partial charge in [0, 0.05) is 65.3 Å². The molecule has 0 aliphatic carbocycles. The summed E-state index contributed by atoms with van der Waals surface area (Å²) in [5.41, 5.74) is 5.33. The molecule has 44 heavy (non-hydrogen) atoms. The van der Waals surface area contributed by atoms with Crippen molar-refractivity contribution in [3.63, 3.8) is 0 Å². The third-order valence-corrected chi connectivity index (χ3v) is 9.63. The number of anilines is 5. The molecule has 0 saturated heterocycles. The summed E-state index contributed by atoms with van der Waals surface area (Å²) in [7, 11) is 7.98. The fraction of sp³-hybridized carbons (Fsp3) is 0.143. The van der Waals surface area contributed by atoms with Crippen LogP contribution in [0.15, 0.2) is 106 Å². The van der Waals surface area contributed by atoms with E-state index in [-0.39, 0.29) is 16.6 Å². The summed E-state index contributed by atoms with van der Waals surface area (Å²) in [5.74, 6) is -0.574. The van der Waals surface area contributed by atoms with E-state index in [1.54, 1.807) is 34.9 Å². The highest BCUT2D eigenvalue weighted by Crippen LogP contribution is 2.52. The molecule has 0 spiro atoms. The number of rotatable bonds is 5. The Morgan fingerprint density at radius 1 is 0.773 bits per heavy atom. The molecule has 5 aromatic carbocycles. The van der Waals surface area contributed by atoms with Gasteiger partial charge >= 0.3 is 0 Å². The fourth-order valence-corrected chi connectivity index (χ4v) is 7.23. The first-order chi connectivity index (χ1) is 21.1. The highest BCUT2D eigenvalue weighted by Gasteiger charge is 2.31. The molecule has 0 unspecified atom stereocenters. The molecule has 0 bridgehead atoms. The molecule has 2 N–H and O–H groups in total. The van der Waals surface area contributed by atoms with E-state index in [4.69, 9.17) is 0 Å². The van der Waals surface area contributed by atoms with Gasteiger partial charge in [0.15, 0.2) is 0 Å². The Hall–Kier alpha value is -4.60. The molecule has 0 atom stereocenters.